The largest absolute Gasteiger partial charge is 0.469 e. The van der Waals surface area contributed by atoms with E-state index in [4.69, 9.17) is 24.0 Å². The highest BCUT2D eigenvalue weighted by molar-refractivity contribution is 7.46. The molecule has 1 saturated heterocycles. The number of ether oxygens (including phenoxy) is 3. The van der Waals surface area contributed by atoms with Gasteiger partial charge in [-0.1, -0.05) is 88.8 Å². The van der Waals surface area contributed by atoms with Gasteiger partial charge in [-0.05, 0) is 51.4 Å². The number of phosphoric acid groups is 1. The minimum Gasteiger partial charge on any atom is -0.462 e. The van der Waals surface area contributed by atoms with Crippen molar-refractivity contribution in [2.45, 2.75) is 135 Å². The van der Waals surface area contributed by atoms with Crippen molar-refractivity contribution < 1.29 is 42.7 Å². The normalized spacial score (nSPS) is 18.0. The highest BCUT2D eigenvalue weighted by atomic mass is 31.2. The Labute approximate surface area is 247 Å². The molecule has 0 radical (unpaired) electrons. The van der Waals surface area contributed by atoms with Crippen molar-refractivity contribution in [2.24, 2.45) is 0 Å². The molecule has 9 nitrogen and oxygen atoms in total. The molecule has 1 aliphatic rings. The van der Waals surface area contributed by atoms with Crippen LogP contribution in [0.1, 0.15) is 117 Å². The molecular formula is C31H53O9P. The summed E-state index contributed by atoms with van der Waals surface area (Å²) in [7, 11) is -4.76. The molecule has 0 spiro atoms. The lowest BCUT2D eigenvalue weighted by Crippen LogP contribution is -2.29. The Morgan fingerprint density at radius 2 is 1.41 bits per heavy atom. The third kappa shape index (κ3) is 23.5. The van der Waals surface area contributed by atoms with E-state index in [1.165, 1.54) is 19.3 Å². The predicted molar refractivity (Wildman–Crippen MR) is 160 cm³/mol. The molecule has 0 aromatic rings. The molecule has 0 bridgehead atoms. The first-order valence-electron chi connectivity index (χ1n) is 15.4. The van der Waals surface area contributed by atoms with Crippen LogP contribution in [0.5, 0.6) is 0 Å². The number of hydrogen-bond acceptors (Lipinski definition) is 7. The molecule has 10 heteroatoms. The fourth-order valence-electron chi connectivity index (χ4n) is 4.16. The van der Waals surface area contributed by atoms with Crippen LogP contribution in [-0.4, -0.2) is 53.3 Å². The summed E-state index contributed by atoms with van der Waals surface area (Å²) in [4.78, 5) is 42.2. The third-order valence-electron chi connectivity index (χ3n) is 6.59. The van der Waals surface area contributed by atoms with Gasteiger partial charge in [0, 0.05) is 12.8 Å². The highest BCUT2D eigenvalue weighted by Crippen LogP contribution is 2.36. The van der Waals surface area contributed by atoms with E-state index in [0.717, 1.165) is 57.8 Å². The summed E-state index contributed by atoms with van der Waals surface area (Å²) in [6, 6.07) is 0. The lowest BCUT2D eigenvalue weighted by molar-refractivity contribution is -0.161. The van der Waals surface area contributed by atoms with Gasteiger partial charge < -0.3 is 24.0 Å². The van der Waals surface area contributed by atoms with Gasteiger partial charge in [-0.3, -0.25) is 14.1 Å². The average molecular weight is 601 g/mol. The molecular weight excluding hydrogens is 547 g/mol. The van der Waals surface area contributed by atoms with Gasteiger partial charge >= 0.3 is 19.8 Å². The lowest BCUT2D eigenvalue weighted by atomic mass is 10.1. The van der Waals surface area contributed by atoms with Crippen molar-refractivity contribution in [3.05, 3.63) is 36.5 Å². The Hall–Kier alpha value is -1.77. The van der Waals surface area contributed by atoms with Crippen LogP contribution in [0.3, 0.4) is 0 Å². The minimum atomic E-state index is -4.76. The fraction of sp³-hybridized carbons (Fsp3) is 0.742. The Balaban J connectivity index is 2.21. The van der Waals surface area contributed by atoms with Crippen molar-refractivity contribution in [3.8, 4) is 0 Å². The van der Waals surface area contributed by atoms with E-state index in [1.807, 2.05) is 0 Å². The van der Waals surface area contributed by atoms with Gasteiger partial charge in [-0.25, -0.2) is 4.57 Å². The molecule has 1 fully saturated rings. The molecule has 0 aromatic carbocycles. The van der Waals surface area contributed by atoms with Gasteiger partial charge in [0.15, 0.2) is 6.10 Å². The first-order valence-corrected chi connectivity index (χ1v) is 16.9. The van der Waals surface area contributed by atoms with Crippen LogP contribution < -0.4 is 0 Å². The summed E-state index contributed by atoms with van der Waals surface area (Å²) in [5.41, 5.74) is 0. The van der Waals surface area contributed by atoms with Gasteiger partial charge in [0.1, 0.15) is 6.61 Å². The Morgan fingerprint density at radius 3 is 2.12 bits per heavy atom. The Morgan fingerprint density at radius 1 is 0.780 bits per heavy atom. The summed E-state index contributed by atoms with van der Waals surface area (Å²) in [5.74, 6) is -0.981. The second kappa shape index (κ2) is 23.8. The number of phosphoric ester groups is 1. The molecule has 0 aliphatic carbocycles. The smallest absolute Gasteiger partial charge is 0.462 e. The first-order chi connectivity index (χ1) is 19.7. The number of rotatable bonds is 26. The van der Waals surface area contributed by atoms with E-state index in [-0.39, 0.29) is 31.7 Å². The number of carbonyl (C=O) groups is 2. The maximum atomic E-state index is 12.3. The summed E-state index contributed by atoms with van der Waals surface area (Å²) >= 11 is 0. The van der Waals surface area contributed by atoms with Crippen molar-refractivity contribution in [1.29, 1.82) is 0 Å². The van der Waals surface area contributed by atoms with Gasteiger partial charge in [0.2, 0.25) is 0 Å². The number of hydrogen-bond donors (Lipinski definition) is 2. The first kappa shape index (κ1) is 37.3. The quantitative estimate of drug-likeness (QED) is 0.0346. The maximum absolute atomic E-state index is 12.3. The van der Waals surface area contributed by atoms with Crippen molar-refractivity contribution in [3.63, 3.8) is 0 Å². The van der Waals surface area contributed by atoms with Crippen LogP contribution in [0.25, 0.3) is 0 Å². The van der Waals surface area contributed by atoms with Gasteiger partial charge in [0.25, 0.3) is 0 Å². The van der Waals surface area contributed by atoms with E-state index >= 15 is 0 Å². The summed E-state index contributed by atoms with van der Waals surface area (Å²) in [6.45, 7) is 3.45. The monoisotopic (exact) mass is 600 g/mol. The predicted octanol–water partition coefficient (Wildman–Crippen LogP) is 7.27. The molecule has 1 heterocycles. The molecule has 0 amide bonds. The van der Waals surface area contributed by atoms with Crippen molar-refractivity contribution >= 4 is 19.8 Å². The van der Waals surface area contributed by atoms with E-state index < -0.39 is 32.5 Å². The molecule has 1 aliphatic heterocycles. The van der Waals surface area contributed by atoms with Gasteiger partial charge in [-0.2, -0.15) is 0 Å². The Kier molecular flexibility index (Phi) is 21.6. The van der Waals surface area contributed by atoms with Crippen LogP contribution in [0.15, 0.2) is 36.5 Å². The highest BCUT2D eigenvalue weighted by Gasteiger charge is 2.36. The van der Waals surface area contributed by atoms with Crippen LogP contribution in [0.4, 0.5) is 0 Å². The average Bonchev–Trinajstić information content (AvgIpc) is 3.68. The second-order valence-electron chi connectivity index (χ2n) is 10.5. The van der Waals surface area contributed by atoms with Gasteiger partial charge in [0.05, 0.1) is 18.8 Å². The molecule has 41 heavy (non-hydrogen) atoms. The number of allylic oxidation sites excluding steroid dienone is 5. The number of unbranched alkanes of at least 4 members (excludes halogenated alkanes) is 7. The molecule has 0 aromatic heterocycles. The SMILES string of the molecule is CCCCC/C=C\C/C=C\C/C=C\CC1OC1CCCC(=O)O[C@H](COC(=O)CCCCCCC)COP(=O)(O)O. The van der Waals surface area contributed by atoms with Crippen molar-refractivity contribution in [2.75, 3.05) is 13.2 Å². The standard InChI is InChI=1S/C31H53O9P/c1-3-5-7-9-10-11-12-13-14-15-17-18-21-28-29(40-28)22-20-24-31(33)39-27(26-38-41(34,35)36)25-37-30(32)23-19-16-8-6-4-2/h10-11,13-14,17-18,27-29H,3-9,12,15-16,19-26H2,1-2H3,(H2,34,35,36)/b11-10-,14-13-,18-17-/t27-,28?,29?/m1/s1. The minimum absolute atomic E-state index is 0.118. The van der Waals surface area contributed by atoms with E-state index in [9.17, 15) is 14.2 Å². The fourth-order valence-corrected chi connectivity index (χ4v) is 4.52. The zero-order chi connectivity index (χ0) is 30.2. The molecule has 1 rings (SSSR count). The molecule has 2 N–H and O–H groups in total. The number of carbonyl (C=O) groups excluding carboxylic acids is 2. The zero-order valence-electron chi connectivity index (χ0n) is 25.1. The summed E-state index contributed by atoms with van der Waals surface area (Å²) in [5, 5.41) is 0. The van der Waals surface area contributed by atoms with E-state index in [0.29, 0.717) is 12.8 Å². The topological polar surface area (TPSA) is 132 Å². The van der Waals surface area contributed by atoms with E-state index in [2.05, 4.69) is 54.8 Å². The molecule has 0 saturated carbocycles. The number of esters is 2. The van der Waals surface area contributed by atoms with E-state index in [1.54, 1.807) is 0 Å². The van der Waals surface area contributed by atoms with Crippen LogP contribution >= 0.6 is 7.82 Å². The lowest BCUT2D eigenvalue weighted by Gasteiger charge is -2.18. The second-order valence-corrected chi connectivity index (χ2v) is 11.7. The van der Waals surface area contributed by atoms with Crippen LogP contribution in [0.2, 0.25) is 0 Å². The summed E-state index contributed by atoms with van der Waals surface area (Å²) < 4.78 is 31.7. The van der Waals surface area contributed by atoms with Crippen LogP contribution in [-0.2, 0) is 32.9 Å². The summed E-state index contributed by atoms with van der Waals surface area (Å²) in [6.07, 6.45) is 26.5. The maximum Gasteiger partial charge on any atom is 0.469 e. The Bertz CT molecular complexity index is 833. The molecule has 236 valence electrons. The van der Waals surface area contributed by atoms with Crippen LogP contribution in [0, 0.1) is 0 Å². The number of epoxide rings is 1. The molecule has 3 atom stereocenters. The van der Waals surface area contributed by atoms with Crippen molar-refractivity contribution in [1.82, 2.24) is 0 Å². The molecule has 2 unspecified atom stereocenters. The van der Waals surface area contributed by atoms with Gasteiger partial charge in [-0.15, -0.1) is 0 Å². The zero-order valence-corrected chi connectivity index (χ0v) is 26.0. The third-order valence-corrected chi connectivity index (χ3v) is 7.07.